The number of carboxylic acids is 1. The molecule has 8 heteroatoms. The van der Waals surface area contributed by atoms with Gasteiger partial charge < -0.3 is 24.4 Å². The van der Waals surface area contributed by atoms with Crippen molar-refractivity contribution >= 4 is 11.9 Å². The largest absolute Gasteiger partial charge is 0.503 e. The summed E-state index contributed by atoms with van der Waals surface area (Å²) in [5.74, 6) is -2.17. The fourth-order valence-corrected chi connectivity index (χ4v) is 4.24. The van der Waals surface area contributed by atoms with Gasteiger partial charge in [-0.3, -0.25) is 9.59 Å². The van der Waals surface area contributed by atoms with Crippen LogP contribution >= 0.6 is 0 Å². The summed E-state index contributed by atoms with van der Waals surface area (Å²) in [5, 5.41) is 19.6. The molecule has 0 radical (unpaired) electrons. The number of aromatic carboxylic acids is 1. The molecule has 0 aromatic carbocycles. The number of carbonyl (C=O) groups is 2. The molecule has 0 saturated heterocycles. The van der Waals surface area contributed by atoms with Gasteiger partial charge >= 0.3 is 5.97 Å². The number of methoxy groups -OCH3 is 1. The topological polar surface area (TPSA) is 109 Å². The molecule has 1 fully saturated rings. The van der Waals surface area contributed by atoms with Crippen LogP contribution in [0.15, 0.2) is 11.0 Å². The van der Waals surface area contributed by atoms with Gasteiger partial charge in [0.15, 0.2) is 11.4 Å². The van der Waals surface area contributed by atoms with Gasteiger partial charge in [-0.1, -0.05) is 32.1 Å². The Balaban J connectivity index is 2.02. The third kappa shape index (κ3) is 3.85. The fourth-order valence-electron chi connectivity index (χ4n) is 4.24. The van der Waals surface area contributed by atoms with Crippen LogP contribution < -0.4 is 5.43 Å². The van der Waals surface area contributed by atoms with E-state index in [4.69, 9.17) is 4.74 Å². The summed E-state index contributed by atoms with van der Waals surface area (Å²) in [6, 6.07) is -0.178. The monoisotopic (exact) mass is 378 g/mol. The molecule has 0 spiro atoms. The maximum atomic E-state index is 12.8. The zero-order valence-corrected chi connectivity index (χ0v) is 15.5. The van der Waals surface area contributed by atoms with Crippen LogP contribution in [-0.2, 0) is 4.74 Å². The second-order valence-electron chi connectivity index (χ2n) is 7.42. The molecule has 148 valence electrons. The van der Waals surface area contributed by atoms with E-state index in [1.807, 2.05) is 0 Å². The molecule has 2 aliphatic rings. The molecule has 1 aromatic heterocycles. The maximum absolute atomic E-state index is 12.8. The summed E-state index contributed by atoms with van der Waals surface area (Å²) in [6.45, 7) is 1.11. The molecule has 0 bridgehead atoms. The lowest BCUT2D eigenvalue weighted by Crippen LogP contribution is -2.46. The minimum atomic E-state index is -1.41. The van der Waals surface area contributed by atoms with E-state index in [-0.39, 0.29) is 11.7 Å². The highest BCUT2D eigenvalue weighted by molar-refractivity contribution is 5.97. The van der Waals surface area contributed by atoms with Crippen LogP contribution in [0.2, 0.25) is 0 Å². The summed E-state index contributed by atoms with van der Waals surface area (Å²) in [5.41, 5.74) is -1.65. The number of nitrogens with zero attached hydrogens (tertiary/aromatic N) is 2. The van der Waals surface area contributed by atoms with Crippen molar-refractivity contribution in [2.75, 3.05) is 26.8 Å². The minimum absolute atomic E-state index is 0.117. The first-order valence-corrected chi connectivity index (χ1v) is 9.43. The van der Waals surface area contributed by atoms with Crippen LogP contribution in [-0.4, -0.2) is 58.4 Å². The number of rotatable bonds is 6. The highest BCUT2D eigenvalue weighted by atomic mass is 16.5. The summed E-state index contributed by atoms with van der Waals surface area (Å²) < 4.78 is 6.58. The van der Waals surface area contributed by atoms with E-state index in [0.717, 1.165) is 19.3 Å². The number of carboxylic acid groups (broad SMARTS) is 1. The number of hydrogen-bond acceptors (Lipinski definition) is 5. The van der Waals surface area contributed by atoms with E-state index >= 15 is 0 Å². The van der Waals surface area contributed by atoms with Gasteiger partial charge in [-0.2, -0.15) is 0 Å². The lowest BCUT2D eigenvalue weighted by Gasteiger charge is -2.38. The molecule has 1 amide bonds. The molecular weight excluding hydrogens is 352 g/mol. The standard InChI is InChI=1S/C19H26N2O6/c1-27-8-7-20-10-13(9-12-5-3-2-4-6-12)21-11-14(19(25)26)16(22)17(23)15(21)18(20)24/h11-13,23H,2-10H2,1H3,(H,25,26)/t13-/m1/s1. The Hall–Kier alpha value is -2.35. The Kier molecular flexibility index (Phi) is 5.84. The molecule has 0 unspecified atom stereocenters. The van der Waals surface area contributed by atoms with Crippen LogP contribution in [0.1, 0.15) is 65.4 Å². The predicted octanol–water partition coefficient (Wildman–Crippen LogP) is 1.87. The van der Waals surface area contributed by atoms with E-state index in [1.54, 1.807) is 12.0 Å². The maximum Gasteiger partial charge on any atom is 0.341 e. The van der Waals surface area contributed by atoms with Gasteiger partial charge in [-0.15, -0.1) is 0 Å². The lowest BCUT2D eigenvalue weighted by atomic mass is 9.84. The minimum Gasteiger partial charge on any atom is -0.503 e. The normalized spacial score (nSPS) is 20.6. The average molecular weight is 378 g/mol. The van der Waals surface area contributed by atoms with Crippen LogP contribution in [0, 0.1) is 5.92 Å². The van der Waals surface area contributed by atoms with Crippen LogP contribution in [0.5, 0.6) is 5.75 Å². The highest BCUT2D eigenvalue weighted by Gasteiger charge is 2.36. The Labute approximate surface area is 157 Å². The number of hydrogen-bond donors (Lipinski definition) is 2. The van der Waals surface area contributed by atoms with Crippen molar-refractivity contribution in [3.63, 3.8) is 0 Å². The predicted molar refractivity (Wildman–Crippen MR) is 97.3 cm³/mol. The first-order chi connectivity index (χ1) is 12.9. The molecule has 2 heterocycles. The van der Waals surface area contributed by atoms with Gasteiger partial charge in [0.2, 0.25) is 5.43 Å². The molecule has 27 heavy (non-hydrogen) atoms. The van der Waals surface area contributed by atoms with Crippen LogP contribution in [0.3, 0.4) is 0 Å². The molecule has 1 atom stereocenters. The van der Waals surface area contributed by atoms with E-state index in [0.29, 0.717) is 25.6 Å². The van der Waals surface area contributed by atoms with Crippen LogP contribution in [0.25, 0.3) is 0 Å². The molecule has 3 rings (SSSR count). The van der Waals surface area contributed by atoms with Gasteiger partial charge in [0, 0.05) is 26.4 Å². The van der Waals surface area contributed by atoms with Crippen molar-refractivity contribution in [2.24, 2.45) is 5.92 Å². The summed E-state index contributed by atoms with van der Waals surface area (Å²) in [4.78, 5) is 38.0. The van der Waals surface area contributed by atoms with E-state index < -0.39 is 28.6 Å². The number of amides is 1. The van der Waals surface area contributed by atoms with Crippen molar-refractivity contribution in [1.29, 1.82) is 0 Å². The third-order valence-corrected chi connectivity index (χ3v) is 5.65. The van der Waals surface area contributed by atoms with Gasteiger partial charge in [-0.25, -0.2) is 4.79 Å². The van der Waals surface area contributed by atoms with Gasteiger partial charge in [0.05, 0.1) is 12.6 Å². The number of aromatic nitrogens is 1. The van der Waals surface area contributed by atoms with E-state index in [2.05, 4.69) is 0 Å². The van der Waals surface area contributed by atoms with Crippen molar-refractivity contribution in [2.45, 2.75) is 44.6 Å². The summed E-state index contributed by atoms with van der Waals surface area (Å²) in [7, 11) is 1.54. The molecule has 8 nitrogen and oxygen atoms in total. The highest BCUT2D eigenvalue weighted by Crippen LogP contribution is 2.35. The summed E-state index contributed by atoms with van der Waals surface area (Å²) in [6.07, 6.45) is 7.79. The first-order valence-electron chi connectivity index (χ1n) is 9.43. The Morgan fingerprint density at radius 2 is 1.96 bits per heavy atom. The second kappa shape index (κ2) is 8.12. The van der Waals surface area contributed by atoms with E-state index in [1.165, 1.54) is 30.0 Å². The smallest absolute Gasteiger partial charge is 0.341 e. The zero-order chi connectivity index (χ0) is 19.6. The van der Waals surface area contributed by atoms with Gasteiger partial charge in [0.25, 0.3) is 5.91 Å². The molecule has 1 aliphatic carbocycles. The number of aromatic hydroxyl groups is 1. The average Bonchev–Trinajstić information content (AvgIpc) is 2.65. The summed E-state index contributed by atoms with van der Waals surface area (Å²) >= 11 is 0. The van der Waals surface area contributed by atoms with Crippen LogP contribution in [0.4, 0.5) is 0 Å². The Bertz CT molecular complexity index is 781. The Morgan fingerprint density at radius 3 is 2.59 bits per heavy atom. The van der Waals surface area contributed by atoms with Crippen molar-refractivity contribution in [1.82, 2.24) is 9.47 Å². The fraction of sp³-hybridized carbons (Fsp3) is 0.632. The third-order valence-electron chi connectivity index (χ3n) is 5.65. The molecular formula is C19H26N2O6. The SMILES string of the molecule is COCCN1C[C@@H](CC2CCCCC2)n2cc(C(=O)O)c(=O)c(O)c2C1=O. The van der Waals surface area contributed by atoms with Crippen molar-refractivity contribution < 1.29 is 24.5 Å². The number of carbonyl (C=O) groups excluding carboxylic acids is 1. The first kappa shape index (κ1) is 19.4. The lowest BCUT2D eigenvalue weighted by molar-refractivity contribution is 0.0565. The van der Waals surface area contributed by atoms with Gasteiger partial charge in [0.1, 0.15) is 5.56 Å². The molecule has 2 N–H and O–H groups in total. The van der Waals surface area contributed by atoms with Crippen molar-refractivity contribution in [3.05, 3.63) is 27.7 Å². The molecule has 1 saturated carbocycles. The number of ether oxygens (including phenoxy) is 1. The van der Waals surface area contributed by atoms with Gasteiger partial charge in [-0.05, 0) is 12.3 Å². The molecule has 1 aromatic rings. The Morgan fingerprint density at radius 1 is 1.26 bits per heavy atom. The second-order valence-corrected chi connectivity index (χ2v) is 7.42. The molecule has 1 aliphatic heterocycles. The van der Waals surface area contributed by atoms with Crippen molar-refractivity contribution in [3.8, 4) is 5.75 Å². The number of pyridine rings is 1. The zero-order valence-electron chi connectivity index (χ0n) is 15.5. The number of fused-ring (bicyclic) bond motifs is 1. The quantitative estimate of drug-likeness (QED) is 0.782. The van der Waals surface area contributed by atoms with E-state index in [9.17, 15) is 24.6 Å².